The summed E-state index contributed by atoms with van der Waals surface area (Å²) in [5.41, 5.74) is 1.72. The third kappa shape index (κ3) is 5.65. The van der Waals surface area contributed by atoms with Gasteiger partial charge in [0.2, 0.25) is 11.0 Å². The van der Waals surface area contributed by atoms with Gasteiger partial charge >= 0.3 is 0 Å². The molecule has 0 fully saturated rings. The van der Waals surface area contributed by atoms with Crippen LogP contribution in [0.5, 0.6) is 11.5 Å². The summed E-state index contributed by atoms with van der Waals surface area (Å²) in [5, 5.41) is 11.9. The predicted octanol–water partition coefficient (Wildman–Crippen LogP) is 4.33. The van der Waals surface area contributed by atoms with Crippen molar-refractivity contribution in [2.24, 2.45) is 0 Å². The van der Waals surface area contributed by atoms with Crippen molar-refractivity contribution in [2.75, 3.05) is 30.8 Å². The molecule has 1 aliphatic heterocycles. The number of aromatic nitrogens is 2. The minimum atomic E-state index is -0.297. The van der Waals surface area contributed by atoms with E-state index < -0.39 is 0 Å². The molecule has 2 aromatic carbocycles. The Labute approximate surface area is 187 Å². The fourth-order valence-corrected chi connectivity index (χ4v) is 4.65. The Balaban J connectivity index is 1.31. The topological polar surface area (TPSA) is 76.6 Å². The Morgan fingerprint density at radius 3 is 2.71 bits per heavy atom. The van der Waals surface area contributed by atoms with Gasteiger partial charge in [-0.2, -0.15) is 0 Å². The summed E-state index contributed by atoms with van der Waals surface area (Å²) < 4.78 is 24.9. The third-order valence-electron chi connectivity index (χ3n) is 4.54. The van der Waals surface area contributed by atoms with Crippen LogP contribution < -0.4 is 14.8 Å². The largest absolute Gasteiger partial charge is 0.486 e. The van der Waals surface area contributed by atoms with Crippen LogP contribution in [0.2, 0.25) is 0 Å². The van der Waals surface area contributed by atoms with Crippen LogP contribution in [0.25, 0.3) is 0 Å². The van der Waals surface area contributed by atoms with E-state index in [1.165, 1.54) is 35.2 Å². The van der Waals surface area contributed by atoms with E-state index in [2.05, 4.69) is 15.5 Å². The molecule has 7 nitrogen and oxygen atoms in total. The predicted molar refractivity (Wildman–Crippen MR) is 119 cm³/mol. The van der Waals surface area contributed by atoms with E-state index in [1.807, 2.05) is 25.1 Å². The Hall–Kier alpha value is -2.85. The molecule has 2 heterocycles. The Bertz CT molecular complexity index is 1050. The van der Waals surface area contributed by atoms with Gasteiger partial charge in [0.15, 0.2) is 15.8 Å². The number of hydrogen-bond donors (Lipinski definition) is 1. The van der Waals surface area contributed by atoms with Gasteiger partial charge in [-0.05, 0) is 48.9 Å². The Kier molecular flexibility index (Phi) is 6.88. The lowest BCUT2D eigenvalue weighted by Crippen LogP contribution is -2.31. The monoisotopic (exact) mass is 460 g/mol. The van der Waals surface area contributed by atoms with E-state index in [4.69, 9.17) is 9.47 Å². The van der Waals surface area contributed by atoms with Gasteiger partial charge in [-0.3, -0.25) is 4.79 Å². The van der Waals surface area contributed by atoms with Gasteiger partial charge in [0.1, 0.15) is 19.0 Å². The lowest BCUT2D eigenvalue weighted by Gasteiger charge is -2.23. The van der Waals surface area contributed by atoms with E-state index in [9.17, 15) is 9.18 Å². The van der Waals surface area contributed by atoms with Gasteiger partial charge < -0.3 is 19.7 Å². The zero-order chi connectivity index (χ0) is 21.6. The standard InChI is InChI=1S/C21H21FN4O3S2/c1-2-26(12-14-3-8-17-18(11-14)29-10-9-28-17)19(27)13-30-21-25-24-20(31-21)23-16-6-4-15(22)5-7-16/h3-8,11H,2,9-10,12-13H2,1H3,(H,23,24). The summed E-state index contributed by atoms with van der Waals surface area (Å²) in [5.74, 6) is 1.45. The van der Waals surface area contributed by atoms with E-state index in [0.717, 1.165) is 22.7 Å². The van der Waals surface area contributed by atoms with E-state index in [0.29, 0.717) is 35.8 Å². The fraction of sp³-hybridized carbons (Fsp3) is 0.286. The first-order valence-electron chi connectivity index (χ1n) is 9.76. The molecule has 1 amide bonds. The first-order chi connectivity index (χ1) is 15.1. The van der Waals surface area contributed by atoms with E-state index >= 15 is 0 Å². The number of ether oxygens (including phenoxy) is 2. The smallest absolute Gasteiger partial charge is 0.233 e. The highest BCUT2D eigenvalue weighted by atomic mass is 32.2. The van der Waals surface area contributed by atoms with Gasteiger partial charge in [0, 0.05) is 18.8 Å². The van der Waals surface area contributed by atoms with Crippen LogP contribution >= 0.6 is 23.1 Å². The molecule has 0 atom stereocenters. The summed E-state index contributed by atoms with van der Waals surface area (Å²) >= 11 is 2.70. The molecule has 0 aliphatic carbocycles. The van der Waals surface area contributed by atoms with E-state index in [-0.39, 0.29) is 17.5 Å². The van der Waals surface area contributed by atoms with Gasteiger partial charge in [-0.25, -0.2) is 4.39 Å². The zero-order valence-electron chi connectivity index (χ0n) is 16.8. The molecule has 1 aromatic heterocycles. The highest BCUT2D eigenvalue weighted by Gasteiger charge is 2.17. The molecule has 0 bridgehead atoms. The number of nitrogens with one attached hydrogen (secondary N) is 1. The van der Waals surface area contributed by atoms with Crippen LogP contribution in [0.4, 0.5) is 15.2 Å². The maximum absolute atomic E-state index is 13.0. The second-order valence-corrected chi connectivity index (χ2v) is 8.88. The molecule has 0 radical (unpaired) electrons. The minimum absolute atomic E-state index is 0.0191. The summed E-state index contributed by atoms with van der Waals surface area (Å²) in [4.78, 5) is 14.5. The lowest BCUT2D eigenvalue weighted by atomic mass is 10.2. The lowest BCUT2D eigenvalue weighted by molar-refractivity contribution is -0.128. The number of benzene rings is 2. The van der Waals surface area contributed by atoms with Crippen molar-refractivity contribution in [3.05, 3.63) is 53.8 Å². The third-order valence-corrected chi connectivity index (χ3v) is 6.49. The van der Waals surface area contributed by atoms with Crippen LogP contribution in [-0.4, -0.2) is 46.5 Å². The van der Waals surface area contributed by atoms with Crippen LogP contribution in [-0.2, 0) is 11.3 Å². The molecule has 0 unspecified atom stereocenters. The summed E-state index contributed by atoms with van der Waals surface area (Å²) in [6.45, 7) is 4.14. The van der Waals surface area contributed by atoms with Gasteiger partial charge in [-0.15, -0.1) is 10.2 Å². The molecule has 3 aromatic rings. The van der Waals surface area contributed by atoms with Crippen molar-refractivity contribution < 1.29 is 18.7 Å². The summed E-state index contributed by atoms with van der Waals surface area (Å²) in [7, 11) is 0. The molecule has 0 spiro atoms. The molecule has 4 rings (SSSR count). The molecule has 10 heteroatoms. The molecule has 0 saturated carbocycles. The van der Waals surface area contributed by atoms with Gasteiger partial charge in [0.25, 0.3) is 0 Å². The Morgan fingerprint density at radius 1 is 1.16 bits per heavy atom. The van der Waals surface area contributed by atoms with Crippen molar-refractivity contribution in [3.63, 3.8) is 0 Å². The van der Waals surface area contributed by atoms with Crippen molar-refractivity contribution in [2.45, 2.75) is 17.8 Å². The number of carbonyl (C=O) groups is 1. The highest BCUT2D eigenvalue weighted by molar-refractivity contribution is 8.01. The molecule has 1 aliphatic rings. The number of anilines is 2. The highest BCUT2D eigenvalue weighted by Crippen LogP contribution is 2.31. The van der Waals surface area contributed by atoms with Crippen molar-refractivity contribution >= 4 is 39.8 Å². The number of amides is 1. The van der Waals surface area contributed by atoms with Crippen LogP contribution in [0, 0.1) is 5.82 Å². The second-order valence-electron chi connectivity index (χ2n) is 6.68. The van der Waals surface area contributed by atoms with Crippen LogP contribution in [0.3, 0.4) is 0 Å². The first kappa shape index (κ1) is 21.4. The van der Waals surface area contributed by atoms with Crippen molar-refractivity contribution in [1.82, 2.24) is 15.1 Å². The molecule has 1 N–H and O–H groups in total. The molecule has 0 saturated heterocycles. The average molecular weight is 461 g/mol. The Morgan fingerprint density at radius 2 is 1.94 bits per heavy atom. The van der Waals surface area contributed by atoms with Crippen LogP contribution in [0.15, 0.2) is 46.8 Å². The zero-order valence-corrected chi connectivity index (χ0v) is 18.5. The number of carbonyl (C=O) groups excluding carboxylic acids is 1. The average Bonchev–Trinajstić information content (AvgIpc) is 3.24. The van der Waals surface area contributed by atoms with Crippen LogP contribution in [0.1, 0.15) is 12.5 Å². The number of rotatable bonds is 8. The number of halogens is 1. The fourth-order valence-electron chi connectivity index (χ4n) is 2.97. The second kappa shape index (κ2) is 9.97. The number of fused-ring (bicyclic) bond motifs is 1. The number of hydrogen-bond acceptors (Lipinski definition) is 8. The SMILES string of the molecule is CCN(Cc1ccc2c(c1)OCCO2)C(=O)CSc1nnc(Nc2ccc(F)cc2)s1. The van der Waals surface area contributed by atoms with Crippen molar-refractivity contribution in [1.29, 1.82) is 0 Å². The summed E-state index contributed by atoms with van der Waals surface area (Å²) in [6, 6.07) is 11.8. The molecule has 162 valence electrons. The minimum Gasteiger partial charge on any atom is -0.486 e. The molecule has 31 heavy (non-hydrogen) atoms. The quantitative estimate of drug-likeness (QED) is 0.501. The summed E-state index contributed by atoms with van der Waals surface area (Å²) in [6.07, 6.45) is 0. The maximum atomic E-state index is 13.0. The number of thioether (sulfide) groups is 1. The molecular weight excluding hydrogens is 439 g/mol. The first-order valence-corrected chi connectivity index (χ1v) is 11.6. The maximum Gasteiger partial charge on any atom is 0.233 e. The van der Waals surface area contributed by atoms with Gasteiger partial charge in [-0.1, -0.05) is 29.2 Å². The molecular formula is C21H21FN4O3S2. The van der Waals surface area contributed by atoms with E-state index in [1.54, 1.807) is 17.0 Å². The van der Waals surface area contributed by atoms with Gasteiger partial charge in [0.05, 0.1) is 5.75 Å². The van der Waals surface area contributed by atoms with Crippen molar-refractivity contribution in [3.8, 4) is 11.5 Å². The number of nitrogens with zero attached hydrogens (tertiary/aromatic N) is 3. The normalized spacial score (nSPS) is 12.5.